The quantitative estimate of drug-likeness (QED) is 0.151. The minimum atomic E-state index is -1.45. The predicted molar refractivity (Wildman–Crippen MR) is 244 cm³/mol. The Morgan fingerprint density at radius 3 is 1.37 bits per heavy atom. The van der Waals surface area contributed by atoms with E-state index in [2.05, 4.69) is 74.3 Å². The van der Waals surface area contributed by atoms with Gasteiger partial charge in [-0.25, -0.2) is 9.59 Å². The third-order valence-corrected chi connectivity index (χ3v) is 10.2. The van der Waals surface area contributed by atoms with Gasteiger partial charge in [0, 0.05) is 83.0 Å². The highest BCUT2D eigenvalue weighted by Gasteiger charge is 2.27. The summed E-state index contributed by atoms with van der Waals surface area (Å²) in [5, 5.41) is 18.5. The Morgan fingerprint density at radius 2 is 0.967 bits per heavy atom. The minimum Gasteiger partial charge on any atom is -0.444 e. The first-order valence-corrected chi connectivity index (χ1v) is 21.4. The zero-order chi connectivity index (χ0) is 43.9. The fourth-order valence-electron chi connectivity index (χ4n) is 6.59. The van der Waals surface area contributed by atoms with E-state index in [9.17, 15) is 19.6 Å². The molecule has 60 heavy (non-hydrogen) atoms. The molecule has 0 unspecified atom stereocenters. The van der Waals surface area contributed by atoms with Crippen LogP contribution in [0, 0.1) is 0 Å². The molecule has 2 aliphatic heterocycles. The first kappa shape index (κ1) is 48.4. The van der Waals surface area contributed by atoms with Gasteiger partial charge in [0.25, 0.3) is 0 Å². The summed E-state index contributed by atoms with van der Waals surface area (Å²) in [6.07, 6.45) is -0.475. The van der Waals surface area contributed by atoms with E-state index < -0.39 is 18.3 Å². The summed E-state index contributed by atoms with van der Waals surface area (Å²) < 4.78 is 11.9. The van der Waals surface area contributed by atoms with Crippen molar-refractivity contribution in [3.05, 3.63) is 124 Å². The average molecular weight is 888 g/mol. The Hall–Kier alpha value is -4.28. The molecule has 0 radical (unpaired) electrons. The molecule has 0 saturated carbocycles. The van der Waals surface area contributed by atoms with E-state index >= 15 is 0 Å². The number of carbonyl (C=O) groups excluding carboxylic acids is 2. The highest BCUT2D eigenvalue weighted by Crippen LogP contribution is 2.23. The third kappa shape index (κ3) is 17.0. The Kier molecular flexibility index (Phi) is 18.6. The van der Waals surface area contributed by atoms with Crippen molar-refractivity contribution in [2.75, 3.05) is 52.4 Å². The summed E-state index contributed by atoms with van der Waals surface area (Å²) in [5.41, 5.74) is 17.8. The van der Waals surface area contributed by atoms with Crippen LogP contribution in [0.4, 0.5) is 9.59 Å². The van der Waals surface area contributed by atoms with E-state index in [1.54, 1.807) is 21.9 Å². The van der Waals surface area contributed by atoms with Crippen molar-refractivity contribution in [2.45, 2.75) is 78.9 Å². The maximum absolute atomic E-state index is 12.2. The molecule has 0 aliphatic carbocycles. The topological polar surface area (TPSA) is 158 Å². The summed E-state index contributed by atoms with van der Waals surface area (Å²) >= 11 is 3.35. The molecule has 6 rings (SSSR count). The fraction of sp³-hybridized carbons (Fsp3) is 0.435. The second-order valence-electron chi connectivity index (χ2n) is 17.0. The first-order valence-electron chi connectivity index (χ1n) is 20.6. The molecule has 4 aromatic carbocycles. The number of rotatable bonds is 8. The van der Waals surface area contributed by atoms with Crippen LogP contribution in [0.2, 0.25) is 0 Å². The zero-order valence-corrected chi connectivity index (χ0v) is 37.7. The highest BCUT2D eigenvalue weighted by atomic mass is 79.9. The van der Waals surface area contributed by atoms with E-state index in [1.165, 1.54) is 16.7 Å². The van der Waals surface area contributed by atoms with Gasteiger partial charge in [0.15, 0.2) is 0 Å². The largest absolute Gasteiger partial charge is 0.488 e. The molecule has 0 aromatic heterocycles. The smallest absolute Gasteiger partial charge is 0.444 e. The summed E-state index contributed by atoms with van der Waals surface area (Å²) in [5.74, 6) is 0. The SMILES string of the molecule is CC(C)(C)OC(=O)N1CCN(Cc2cccc(-c3cccc(CN)c3)c2)CC1.CC(C)(C)OC(=O)N1CCN(Cc2cccc(B(O)O)c2)CC1.NCc1cccc(Br)c1. The number of benzene rings is 4. The molecule has 6 N–H and O–H groups in total. The lowest BCUT2D eigenvalue weighted by molar-refractivity contribution is 0.0129. The van der Waals surface area contributed by atoms with E-state index in [4.69, 9.17) is 20.9 Å². The number of carbonyl (C=O) groups is 2. The summed E-state index contributed by atoms with van der Waals surface area (Å²) in [7, 11) is -1.45. The minimum absolute atomic E-state index is 0.214. The van der Waals surface area contributed by atoms with Crippen molar-refractivity contribution >= 4 is 40.7 Å². The summed E-state index contributed by atoms with van der Waals surface area (Å²) in [4.78, 5) is 32.4. The van der Waals surface area contributed by atoms with Crippen molar-refractivity contribution in [1.29, 1.82) is 0 Å². The molecule has 2 aliphatic rings. The van der Waals surface area contributed by atoms with Gasteiger partial charge >= 0.3 is 19.3 Å². The van der Waals surface area contributed by atoms with Gasteiger partial charge in [0.05, 0.1) is 0 Å². The normalized spacial score (nSPS) is 14.9. The molecule has 2 amide bonds. The molecule has 0 spiro atoms. The molecule has 2 heterocycles. The Balaban J connectivity index is 0.000000222. The highest BCUT2D eigenvalue weighted by molar-refractivity contribution is 9.10. The fourth-order valence-corrected chi connectivity index (χ4v) is 7.04. The maximum Gasteiger partial charge on any atom is 0.488 e. The molecule has 14 heteroatoms. The van der Waals surface area contributed by atoms with Crippen LogP contribution in [-0.4, -0.2) is 113 Å². The Morgan fingerprint density at radius 1 is 0.583 bits per heavy atom. The van der Waals surface area contributed by atoms with E-state index in [0.29, 0.717) is 44.7 Å². The lowest BCUT2D eigenvalue weighted by Gasteiger charge is -2.35. The van der Waals surface area contributed by atoms with Crippen LogP contribution in [0.15, 0.2) is 102 Å². The van der Waals surface area contributed by atoms with Gasteiger partial charge in [-0.15, -0.1) is 0 Å². The monoisotopic (exact) mass is 886 g/mol. The lowest BCUT2D eigenvalue weighted by atomic mass is 9.79. The molecule has 324 valence electrons. The van der Waals surface area contributed by atoms with Crippen molar-refractivity contribution < 1.29 is 29.1 Å². The molecular formula is C46H64BBrN6O6. The van der Waals surface area contributed by atoms with Gasteiger partial charge in [0.1, 0.15) is 11.2 Å². The Bertz CT molecular complexity index is 1960. The molecular weight excluding hydrogens is 823 g/mol. The number of nitrogens with two attached hydrogens (primary N) is 2. The average Bonchev–Trinajstić information content (AvgIpc) is 3.21. The second kappa shape index (κ2) is 23.1. The van der Waals surface area contributed by atoms with Gasteiger partial charge < -0.3 is 40.8 Å². The van der Waals surface area contributed by atoms with Crippen molar-refractivity contribution in [1.82, 2.24) is 19.6 Å². The molecule has 2 fully saturated rings. The van der Waals surface area contributed by atoms with E-state index in [-0.39, 0.29) is 12.2 Å². The third-order valence-electron chi connectivity index (χ3n) is 9.66. The van der Waals surface area contributed by atoms with E-state index in [1.807, 2.05) is 77.9 Å². The first-order chi connectivity index (χ1) is 28.4. The Labute approximate surface area is 365 Å². The molecule has 2 saturated heterocycles. The van der Waals surface area contributed by atoms with Crippen LogP contribution in [0.5, 0.6) is 0 Å². The van der Waals surface area contributed by atoms with Crippen LogP contribution < -0.4 is 16.9 Å². The number of nitrogens with zero attached hydrogens (tertiary/aromatic N) is 4. The molecule has 12 nitrogen and oxygen atoms in total. The standard InChI is InChI=1S/C23H31N3O2.C16H25BN2O4.C7H8BrN/c1-23(2,3)28-22(27)26-12-10-25(11-13-26)17-19-7-5-9-21(15-19)20-8-4-6-18(14-20)16-24;1-16(2,3)23-15(20)19-9-7-18(8-10-19)12-13-5-4-6-14(11-13)17(21)22;8-7-3-1-2-6(4-7)5-9/h4-9,14-15H,10-13,16-17,24H2,1-3H3;4-6,11,21-22H,7-10,12H2,1-3H3;1-4H,5,9H2. The van der Waals surface area contributed by atoms with E-state index in [0.717, 1.165) is 60.4 Å². The van der Waals surface area contributed by atoms with Gasteiger partial charge in [-0.3, -0.25) is 9.80 Å². The lowest BCUT2D eigenvalue weighted by Crippen LogP contribution is -2.49. The molecule has 0 bridgehead atoms. The van der Waals surface area contributed by atoms with Gasteiger partial charge in [-0.2, -0.15) is 0 Å². The van der Waals surface area contributed by atoms with Crippen LogP contribution in [-0.2, 0) is 35.7 Å². The molecule has 4 aromatic rings. The summed E-state index contributed by atoms with van der Waals surface area (Å²) in [6.45, 7) is 20.0. The van der Waals surface area contributed by atoms with Gasteiger partial charge in [0.2, 0.25) is 0 Å². The predicted octanol–water partition coefficient (Wildman–Crippen LogP) is 6.19. The van der Waals surface area contributed by atoms with Crippen molar-refractivity contribution in [2.24, 2.45) is 11.5 Å². The number of hydrogen-bond donors (Lipinski definition) is 4. The van der Waals surface area contributed by atoms with Gasteiger partial charge in [-0.05, 0) is 105 Å². The maximum atomic E-state index is 12.2. The van der Waals surface area contributed by atoms with Crippen LogP contribution in [0.1, 0.15) is 63.8 Å². The zero-order valence-electron chi connectivity index (χ0n) is 36.1. The molecule has 0 atom stereocenters. The number of amides is 2. The second-order valence-corrected chi connectivity index (χ2v) is 18.0. The van der Waals surface area contributed by atoms with Crippen LogP contribution >= 0.6 is 15.9 Å². The number of halogens is 1. The summed E-state index contributed by atoms with van der Waals surface area (Å²) in [6, 6.07) is 32.3. The number of ether oxygens (including phenoxy) is 2. The van der Waals surface area contributed by atoms with Crippen LogP contribution in [0.3, 0.4) is 0 Å². The number of hydrogen-bond acceptors (Lipinski definition) is 10. The van der Waals surface area contributed by atoms with Gasteiger partial charge in [-0.1, -0.05) is 88.7 Å². The van der Waals surface area contributed by atoms with Crippen molar-refractivity contribution in [3.63, 3.8) is 0 Å². The van der Waals surface area contributed by atoms with Crippen LogP contribution in [0.25, 0.3) is 11.1 Å². The van der Waals surface area contributed by atoms with Crippen molar-refractivity contribution in [3.8, 4) is 11.1 Å². The number of piperazine rings is 2.